The fourth-order valence-corrected chi connectivity index (χ4v) is 2.41. The maximum Gasteiger partial charge on any atom is 0.119 e. The van der Waals surface area contributed by atoms with E-state index in [1.54, 1.807) is 0 Å². The summed E-state index contributed by atoms with van der Waals surface area (Å²) in [5, 5.41) is 3.58. The van der Waals surface area contributed by atoms with Crippen molar-refractivity contribution < 1.29 is 4.74 Å². The summed E-state index contributed by atoms with van der Waals surface area (Å²) in [6, 6.07) is 9.22. The van der Waals surface area contributed by atoms with Crippen molar-refractivity contribution in [1.82, 2.24) is 5.32 Å². The third kappa shape index (κ3) is 4.87. The molecule has 0 saturated heterocycles. The summed E-state index contributed by atoms with van der Waals surface area (Å²) < 4.78 is 5.85. The predicted octanol–water partition coefficient (Wildman–Crippen LogP) is 3.79. The van der Waals surface area contributed by atoms with E-state index in [0.29, 0.717) is 18.1 Å². The molecule has 0 amide bonds. The lowest BCUT2D eigenvalue weighted by molar-refractivity contribution is 0.302. The van der Waals surface area contributed by atoms with Crippen LogP contribution in [0.25, 0.3) is 0 Å². The highest BCUT2D eigenvalue weighted by molar-refractivity contribution is 5.29. The molecule has 1 N–H and O–H groups in total. The minimum absolute atomic E-state index is 0.487. The van der Waals surface area contributed by atoms with Gasteiger partial charge >= 0.3 is 0 Å². The summed E-state index contributed by atoms with van der Waals surface area (Å²) >= 11 is 0. The van der Waals surface area contributed by atoms with Gasteiger partial charge in [-0.15, -0.1) is 0 Å². The fourth-order valence-electron chi connectivity index (χ4n) is 2.41. The number of aryl methyl sites for hydroxylation is 1. The van der Waals surface area contributed by atoms with Crippen molar-refractivity contribution in [2.24, 2.45) is 5.92 Å². The van der Waals surface area contributed by atoms with Crippen molar-refractivity contribution in [1.29, 1.82) is 0 Å². The number of ether oxygens (including phenoxy) is 1. The molecule has 2 nitrogen and oxygen atoms in total. The lowest BCUT2D eigenvalue weighted by Gasteiger charge is -2.21. The molecule has 1 aromatic carbocycles. The van der Waals surface area contributed by atoms with E-state index in [2.05, 4.69) is 50.4 Å². The molecule has 1 aliphatic rings. The Morgan fingerprint density at radius 1 is 1.32 bits per heavy atom. The first-order valence-electron chi connectivity index (χ1n) is 7.68. The standard InChI is InChI=1S/C17H27NO/c1-4-18-17(13(2)3)11-8-14-6-5-7-16(12-14)19-15-9-10-15/h5-7,12-13,15,17-18H,4,8-11H2,1-3H3. The lowest BCUT2D eigenvalue weighted by Crippen LogP contribution is -2.34. The van der Waals surface area contributed by atoms with Gasteiger partial charge in [0, 0.05) is 6.04 Å². The van der Waals surface area contributed by atoms with Crippen LogP contribution in [0.15, 0.2) is 24.3 Å². The molecule has 0 aliphatic heterocycles. The normalized spacial score (nSPS) is 16.6. The van der Waals surface area contributed by atoms with Crippen molar-refractivity contribution in [3.8, 4) is 5.75 Å². The fraction of sp³-hybridized carbons (Fsp3) is 0.647. The van der Waals surface area contributed by atoms with E-state index in [4.69, 9.17) is 4.74 Å². The molecule has 1 fully saturated rings. The third-order valence-corrected chi connectivity index (χ3v) is 3.74. The highest BCUT2D eigenvalue weighted by atomic mass is 16.5. The molecule has 0 aromatic heterocycles. The first-order valence-corrected chi connectivity index (χ1v) is 7.68. The van der Waals surface area contributed by atoms with E-state index in [9.17, 15) is 0 Å². The molecular weight excluding hydrogens is 234 g/mol. The zero-order chi connectivity index (χ0) is 13.7. The summed E-state index contributed by atoms with van der Waals surface area (Å²) in [6.45, 7) is 7.81. The SMILES string of the molecule is CCNC(CCc1cccc(OC2CC2)c1)C(C)C. The molecule has 0 spiro atoms. The smallest absolute Gasteiger partial charge is 0.119 e. The highest BCUT2D eigenvalue weighted by Crippen LogP contribution is 2.27. The first-order chi connectivity index (χ1) is 9.19. The van der Waals surface area contributed by atoms with Gasteiger partial charge in [0.2, 0.25) is 0 Å². The Labute approximate surface area is 117 Å². The van der Waals surface area contributed by atoms with Crippen LogP contribution in [0.5, 0.6) is 5.75 Å². The second kappa shape index (κ2) is 6.95. The average Bonchev–Trinajstić information content (AvgIpc) is 3.18. The van der Waals surface area contributed by atoms with Crippen molar-refractivity contribution in [3.63, 3.8) is 0 Å². The Balaban J connectivity index is 1.86. The van der Waals surface area contributed by atoms with E-state index in [-0.39, 0.29) is 0 Å². The Bertz CT molecular complexity index is 385. The van der Waals surface area contributed by atoms with Gasteiger partial charge in [-0.1, -0.05) is 32.9 Å². The van der Waals surface area contributed by atoms with Crippen LogP contribution in [-0.4, -0.2) is 18.7 Å². The molecule has 1 saturated carbocycles. The molecule has 2 heteroatoms. The van der Waals surface area contributed by atoms with Crippen molar-refractivity contribution >= 4 is 0 Å². The minimum atomic E-state index is 0.487. The van der Waals surface area contributed by atoms with Gasteiger partial charge < -0.3 is 10.1 Å². The first kappa shape index (κ1) is 14.4. The van der Waals surface area contributed by atoms with Crippen LogP contribution in [0, 0.1) is 5.92 Å². The molecule has 19 heavy (non-hydrogen) atoms. The van der Waals surface area contributed by atoms with Gasteiger partial charge in [-0.2, -0.15) is 0 Å². The van der Waals surface area contributed by atoms with Crippen LogP contribution in [0.2, 0.25) is 0 Å². The Morgan fingerprint density at radius 2 is 2.11 bits per heavy atom. The van der Waals surface area contributed by atoms with Crippen LogP contribution in [0.4, 0.5) is 0 Å². The number of hydrogen-bond acceptors (Lipinski definition) is 2. The number of nitrogens with one attached hydrogen (secondary N) is 1. The summed E-state index contributed by atoms with van der Waals surface area (Å²) in [4.78, 5) is 0. The van der Waals surface area contributed by atoms with E-state index in [1.165, 1.54) is 24.8 Å². The molecule has 2 rings (SSSR count). The van der Waals surface area contributed by atoms with Crippen molar-refractivity contribution in [3.05, 3.63) is 29.8 Å². The summed E-state index contributed by atoms with van der Waals surface area (Å²) in [7, 11) is 0. The molecule has 1 atom stereocenters. The van der Waals surface area contributed by atoms with Crippen LogP contribution in [0.1, 0.15) is 45.6 Å². The van der Waals surface area contributed by atoms with Gasteiger partial charge in [-0.3, -0.25) is 0 Å². The molecule has 0 radical (unpaired) electrons. The van der Waals surface area contributed by atoms with Gasteiger partial charge in [0.25, 0.3) is 0 Å². The maximum absolute atomic E-state index is 5.85. The summed E-state index contributed by atoms with van der Waals surface area (Å²) in [5.41, 5.74) is 1.39. The molecule has 106 valence electrons. The number of benzene rings is 1. The van der Waals surface area contributed by atoms with Crippen LogP contribution in [-0.2, 0) is 6.42 Å². The monoisotopic (exact) mass is 261 g/mol. The van der Waals surface area contributed by atoms with Crippen molar-refractivity contribution in [2.45, 2.75) is 58.6 Å². The minimum Gasteiger partial charge on any atom is -0.490 e. The zero-order valence-electron chi connectivity index (χ0n) is 12.5. The largest absolute Gasteiger partial charge is 0.490 e. The molecule has 0 bridgehead atoms. The van der Waals surface area contributed by atoms with Crippen molar-refractivity contribution in [2.75, 3.05) is 6.54 Å². The topological polar surface area (TPSA) is 21.3 Å². The van der Waals surface area contributed by atoms with Gasteiger partial charge in [0.15, 0.2) is 0 Å². The van der Waals surface area contributed by atoms with Crippen LogP contribution in [0.3, 0.4) is 0 Å². The summed E-state index contributed by atoms with van der Waals surface area (Å²) in [6.07, 6.45) is 5.25. The molecule has 1 aliphatic carbocycles. The Kier molecular flexibility index (Phi) is 5.26. The number of rotatable bonds is 8. The van der Waals surface area contributed by atoms with E-state index in [0.717, 1.165) is 18.7 Å². The van der Waals surface area contributed by atoms with Gasteiger partial charge in [-0.25, -0.2) is 0 Å². The zero-order valence-corrected chi connectivity index (χ0v) is 12.5. The Morgan fingerprint density at radius 3 is 2.74 bits per heavy atom. The van der Waals surface area contributed by atoms with E-state index < -0.39 is 0 Å². The van der Waals surface area contributed by atoms with Gasteiger partial charge in [-0.05, 0) is 55.8 Å². The lowest BCUT2D eigenvalue weighted by atomic mass is 9.96. The van der Waals surface area contributed by atoms with E-state index >= 15 is 0 Å². The average molecular weight is 261 g/mol. The molecule has 0 heterocycles. The second-order valence-electron chi connectivity index (χ2n) is 5.91. The molecule has 1 aromatic rings. The molecule has 1 unspecified atom stereocenters. The quantitative estimate of drug-likeness (QED) is 0.768. The second-order valence-corrected chi connectivity index (χ2v) is 5.91. The molecular formula is C17H27NO. The maximum atomic E-state index is 5.85. The highest BCUT2D eigenvalue weighted by Gasteiger charge is 2.23. The van der Waals surface area contributed by atoms with Crippen LogP contribution >= 0.6 is 0 Å². The Hall–Kier alpha value is -1.02. The number of hydrogen-bond donors (Lipinski definition) is 1. The summed E-state index contributed by atoms with van der Waals surface area (Å²) in [5.74, 6) is 1.73. The predicted molar refractivity (Wildman–Crippen MR) is 80.7 cm³/mol. The third-order valence-electron chi connectivity index (χ3n) is 3.74. The van der Waals surface area contributed by atoms with Gasteiger partial charge in [0.1, 0.15) is 5.75 Å². The van der Waals surface area contributed by atoms with Gasteiger partial charge in [0.05, 0.1) is 6.10 Å². The van der Waals surface area contributed by atoms with E-state index in [1.807, 2.05) is 0 Å². The van der Waals surface area contributed by atoms with Crippen LogP contribution < -0.4 is 10.1 Å².